The van der Waals surface area contributed by atoms with Crippen LogP contribution in [0.25, 0.3) is 0 Å². The summed E-state index contributed by atoms with van der Waals surface area (Å²) in [7, 11) is 1.55. The van der Waals surface area contributed by atoms with Crippen LogP contribution in [0.2, 0.25) is 0 Å². The summed E-state index contributed by atoms with van der Waals surface area (Å²) in [6.07, 6.45) is 0. The fourth-order valence-corrected chi connectivity index (χ4v) is 2.01. The van der Waals surface area contributed by atoms with Crippen LogP contribution >= 0.6 is 0 Å². The van der Waals surface area contributed by atoms with Gasteiger partial charge in [0.1, 0.15) is 11.1 Å². The fourth-order valence-electron chi connectivity index (χ4n) is 2.01. The van der Waals surface area contributed by atoms with Crippen molar-refractivity contribution in [3.8, 4) is 6.07 Å². The van der Waals surface area contributed by atoms with Crippen LogP contribution in [-0.2, 0) is 9.53 Å². The molecule has 0 saturated carbocycles. The van der Waals surface area contributed by atoms with Gasteiger partial charge in [0.25, 0.3) is 5.91 Å². The molecular formula is C13H23N3O2. The average molecular weight is 253 g/mol. The minimum Gasteiger partial charge on any atom is -0.369 e. The van der Waals surface area contributed by atoms with Gasteiger partial charge in [-0.2, -0.15) is 5.26 Å². The van der Waals surface area contributed by atoms with E-state index in [1.54, 1.807) is 21.0 Å². The fraction of sp³-hybridized carbons (Fsp3) is 0.846. The number of carbonyl (C=O) groups is 1. The SMILES string of the molecule is COC(C)(C)C(=O)N1CCN(C(C)(C)C#N)CC1. The van der Waals surface area contributed by atoms with E-state index >= 15 is 0 Å². The van der Waals surface area contributed by atoms with Crippen molar-refractivity contribution in [3.63, 3.8) is 0 Å². The normalized spacial score (nSPS) is 18.6. The Labute approximate surface area is 109 Å². The van der Waals surface area contributed by atoms with Crippen molar-refractivity contribution in [2.24, 2.45) is 0 Å². The van der Waals surface area contributed by atoms with E-state index in [9.17, 15) is 4.79 Å². The summed E-state index contributed by atoms with van der Waals surface area (Å²) in [5, 5.41) is 9.10. The van der Waals surface area contributed by atoms with Gasteiger partial charge < -0.3 is 9.64 Å². The Morgan fingerprint density at radius 3 is 2.06 bits per heavy atom. The standard InChI is InChI=1S/C13H23N3O2/c1-12(2,10-14)16-8-6-15(7-9-16)11(17)13(3,4)18-5/h6-9H2,1-5H3. The zero-order valence-electron chi connectivity index (χ0n) is 12.0. The van der Waals surface area contributed by atoms with Gasteiger partial charge in [-0.05, 0) is 27.7 Å². The van der Waals surface area contributed by atoms with Crippen molar-refractivity contribution in [2.45, 2.75) is 38.8 Å². The lowest BCUT2D eigenvalue weighted by Crippen LogP contribution is -2.58. The van der Waals surface area contributed by atoms with Gasteiger partial charge in [-0.1, -0.05) is 0 Å². The summed E-state index contributed by atoms with van der Waals surface area (Å²) in [6, 6.07) is 2.29. The van der Waals surface area contributed by atoms with E-state index in [-0.39, 0.29) is 5.91 Å². The van der Waals surface area contributed by atoms with Gasteiger partial charge in [0.2, 0.25) is 0 Å². The Bertz CT molecular complexity index is 350. The molecule has 1 fully saturated rings. The molecule has 0 atom stereocenters. The second-order valence-electron chi connectivity index (χ2n) is 5.66. The van der Waals surface area contributed by atoms with Crippen molar-refractivity contribution in [2.75, 3.05) is 33.3 Å². The lowest BCUT2D eigenvalue weighted by Gasteiger charge is -2.42. The summed E-state index contributed by atoms with van der Waals surface area (Å²) in [5.41, 5.74) is -1.24. The number of methoxy groups -OCH3 is 1. The van der Waals surface area contributed by atoms with Crippen molar-refractivity contribution in [3.05, 3.63) is 0 Å². The lowest BCUT2D eigenvalue weighted by atomic mass is 10.0. The van der Waals surface area contributed by atoms with Gasteiger partial charge in [-0.15, -0.1) is 0 Å². The summed E-state index contributed by atoms with van der Waals surface area (Å²) in [6.45, 7) is 10.1. The third kappa shape index (κ3) is 3.01. The highest BCUT2D eigenvalue weighted by Gasteiger charge is 2.36. The molecule has 0 bridgehead atoms. The van der Waals surface area contributed by atoms with Crippen molar-refractivity contribution in [1.29, 1.82) is 5.26 Å². The maximum absolute atomic E-state index is 12.2. The largest absolute Gasteiger partial charge is 0.369 e. The van der Waals surface area contributed by atoms with Crippen LogP contribution in [0.5, 0.6) is 0 Å². The highest BCUT2D eigenvalue weighted by atomic mass is 16.5. The average Bonchev–Trinajstić information content (AvgIpc) is 2.38. The summed E-state index contributed by atoms with van der Waals surface area (Å²) >= 11 is 0. The zero-order valence-corrected chi connectivity index (χ0v) is 12.0. The predicted molar refractivity (Wildman–Crippen MR) is 68.9 cm³/mol. The van der Waals surface area contributed by atoms with E-state index in [0.717, 1.165) is 13.1 Å². The third-order valence-corrected chi connectivity index (χ3v) is 3.66. The van der Waals surface area contributed by atoms with E-state index in [1.807, 2.05) is 18.7 Å². The molecule has 1 rings (SSSR count). The Kier molecular flexibility index (Phi) is 4.36. The number of ether oxygens (including phenoxy) is 1. The maximum Gasteiger partial charge on any atom is 0.254 e. The number of piperazine rings is 1. The van der Waals surface area contributed by atoms with Crippen LogP contribution < -0.4 is 0 Å². The minimum absolute atomic E-state index is 0.0133. The molecule has 1 aliphatic heterocycles. The topological polar surface area (TPSA) is 56.6 Å². The second kappa shape index (κ2) is 5.25. The smallest absolute Gasteiger partial charge is 0.254 e. The number of nitriles is 1. The molecule has 18 heavy (non-hydrogen) atoms. The molecule has 0 N–H and O–H groups in total. The monoisotopic (exact) mass is 253 g/mol. The van der Waals surface area contributed by atoms with Crippen molar-refractivity contribution in [1.82, 2.24) is 9.80 Å². The van der Waals surface area contributed by atoms with Crippen LogP contribution in [0.3, 0.4) is 0 Å². The van der Waals surface area contributed by atoms with Gasteiger partial charge in [0, 0.05) is 33.3 Å². The van der Waals surface area contributed by atoms with E-state index in [1.165, 1.54) is 0 Å². The molecule has 1 heterocycles. The lowest BCUT2D eigenvalue weighted by molar-refractivity contribution is -0.153. The highest BCUT2D eigenvalue weighted by molar-refractivity contribution is 5.84. The van der Waals surface area contributed by atoms with E-state index in [4.69, 9.17) is 10.00 Å². The first-order valence-corrected chi connectivity index (χ1v) is 6.25. The Morgan fingerprint density at radius 2 is 1.67 bits per heavy atom. The summed E-state index contributed by atoms with van der Waals surface area (Å²) in [4.78, 5) is 16.1. The summed E-state index contributed by atoms with van der Waals surface area (Å²) < 4.78 is 5.21. The van der Waals surface area contributed by atoms with Gasteiger partial charge in [-0.25, -0.2) is 0 Å². The van der Waals surface area contributed by atoms with Crippen LogP contribution in [0, 0.1) is 11.3 Å². The molecule has 0 aromatic rings. The Balaban J connectivity index is 2.61. The quantitative estimate of drug-likeness (QED) is 0.748. The number of hydrogen-bond acceptors (Lipinski definition) is 4. The Morgan fingerprint density at radius 1 is 1.17 bits per heavy atom. The number of carbonyl (C=O) groups excluding carboxylic acids is 1. The first kappa shape index (κ1) is 14.9. The molecule has 1 amide bonds. The molecule has 5 heteroatoms. The first-order chi connectivity index (χ1) is 8.24. The van der Waals surface area contributed by atoms with Crippen molar-refractivity contribution < 1.29 is 9.53 Å². The van der Waals surface area contributed by atoms with Gasteiger partial charge in [0.05, 0.1) is 6.07 Å². The van der Waals surface area contributed by atoms with Gasteiger partial charge in [-0.3, -0.25) is 9.69 Å². The van der Waals surface area contributed by atoms with Crippen LogP contribution in [0.1, 0.15) is 27.7 Å². The molecule has 1 saturated heterocycles. The third-order valence-electron chi connectivity index (χ3n) is 3.66. The van der Waals surface area contributed by atoms with E-state index in [0.29, 0.717) is 13.1 Å². The molecule has 0 aromatic carbocycles. The van der Waals surface area contributed by atoms with Crippen molar-refractivity contribution >= 4 is 5.91 Å². The highest BCUT2D eigenvalue weighted by Crippen LogP contribution is 2.19. The van der Waals surface area contributed by atoms with E-state index in [2.05, 4.69) is 11.0 Å². The Hall–Kier alpha value is -1.12. The summed E-state index contributed by atoms with van der Waals surface area (Å²) in [5.74, 6) is 0.0133. The van der Waals surface area contributed by atoms with E-state index < -0.39 is 11.1 Å². The van der Waals surface area contributed by atoms with Crippen LogP contribution in [0.4, 0.5) is 0 Å². The molecule has 0 unspecified atom stereocenters. The molecule has 0 aromatic heterocycles. The minimum atomic E-state index is -0.771. The number of nitrogens with zero attached hydrogens (tertiary/aromatic N) is 3. The number of rotatable bonds is 3. The first-order valence-electron chi connectivity index (χ1n) is 6.25. The maximum atomic E-state index is 12.2. The molecule has 0 aliphatic carbocycles. The predicted octanol–water partition coefficient (Wildman–Crippen LogP) is 0.858. The molecule has 0 radical (unpaired) electrons. The van der Waals surface area contributed by atoms with Gasteiger partial charge >= 0.3 is 0 Å². The molecule has 102 valence electrons. The van der Waals surface area contributed by atoms with Gasteiger partial charge in [0.15, 0.2) is 0 Å². The molecular weight excluding hydrogens is 230 g/mol. The zero-order chi connectivity index (χ0) is 14.0. The second-order valence-corrected chi connectivity index (χ2v) is 5.66. The number of amides is 1. The molecule has 0 spiro atoms. The van der Waals surface area contributed by atoms with Crippen LogP contribution in [0.15, 0.2) is 0 Å². The number of hydrogen-bond donors (Lipinski definition) is 0. The molecule has 1 aliphatic rings. The molecule has 5 nitrogen and oxygen atoms in total. The van der Waals surface area contributed by atoms with Crippen LogP contribution in [-0.4, -0.2) is 60.1 Å².